The molecule has 0 saturated carbocycles. The second-order valence-electron chi connectivity index (χ2n) is 4.39. The smallest absolute Gasteiger partial charge is 0.203 e. The zero-order valence-corrected chi connectivity index (χ0v) is 13.2. The van der Waals surface area contributed by atoms with Gasteiger partial charge >= 0.3 is 0 Å². The highest BCUT2D eigenvalue weighted by Gasteiger charge is 2.13. The number of carbonyl (C=O) groups excluding carboxylic acids is 1. The summed E-state index contributed by atoms with van der Waals surface area (Å²) in [6.07, 6.45) is 1.24. The van der Waals surface area contributed by atoms with Gasteiger partial charge in [-0.3, -0.25) is 4.79 Å². The molecule has 110 valence electrons. The minimum atomic E-state index is -0.501. The van der Waals surface area contributed by atoms with Crippen LogP contribution in [0, 0.1) is 17.1 Å². The van der Waals surface area contributed by atoms with Crippen molar-refractivity contribution >= 4 is 27.8 Å². The van der Waals surface area contributed by atoms with E-state index in [1.54, 1.807) is 30.3 Å². The summed E-state index contributed by atoms with van der Waals surface area (Å²) in [5, 5.41) is 9.18. The van der Waals surface area contributed by atoms with E-state index in [4.69, 9.17) is 4.74 Å². The normalized spacial score (nSPS) is 10.9. The van der Waals surface area contributed by atoms with Gasteiger partial charge in [0.05, 0.1) is 7.11 Å². The average Bonchev–Trinajstić information content (AvgIpc) is 2.55. The highest BCUT2D eigenvalue weighted by Crippen LogP contribution is 2.20. The van der Waals surface area contributed by atoms with Crippen LogP contribution in [0.1, 0.15) is 15.9 Å². The third-order valence-electron chi connectivity index (χ3n) is 2.98. The Balaban J connectivity index is 2.38. The molecule has 0 radical (unpaired) electrons. The molecule has 0 aliphatic heterocycles. The van der Waals surface area contributed by atoms with Crippen molar-refractivity contribution < 1.29 is 13.9 Å². The van der Waals surface area contributed by atoms with Crippen molar-refractivity contribution in [3.8, 4) is 11.8 Å². The third-order valence-corrected chi connectivity index (χ3v) is 3.47. The molecular weight excluding hydrogens is 349 g/mol. The van der Waals surface area contributed by atoms with Gasteiger partial charge < -0.3 is 4.74 Å². The number of nitriles is 1. The van der Waals surface area contributed by atoms with Gasteiger partial charge in [-0.25, -0.2) is 4.39 Å². The fourth-order valence-corrected chi connectivity index (χ4v) is 2.21. The minimum Gasteiger partial charge on any atom is -0.497 e. The van der Waals surface area contributed by atoms with Crippen molar-refractivity contribution in [3.63, 3.8) is 0 Å². The lowest BCUT2D eigenvalue weighted by molar-refractivity contribution is 0.104. The number of ketones is 1. The number of benzene rings is 2. The largest absolute Gasteiger partial charge is 0.497 e. The Morgan fingerprint density at radius 3 is 2.55 bits per heavy atom. The summed E-state index contributed by atoms with van der Waals surface area (Å²) in [6.45, 7) is 0. The van der Waals surface area contributed by atoms with Crippen molar-refractivity contribution in [3.05, 3.63) is 69.5 Å². The Kier molecular flexibility index (Phi) is 5.08. The summed E-state index contributed by atoms with van der Waals surface area (Å²) in [6, 6.07) is 12.5. The zero-order valence-electron chi connectivity index (χ0n) is 11.6. The molecule has 3 nitrogen and oxygen atoms in total. The van der Waals surface area contributed by atoms with Crippen LogP contribution in [0.4, 0.5) is 4.39 Å². The van der Waals surface area contributed by atoms with Crippen LogP contribution in [0.2, 0.25) is 0 Å². The fourth-order valence-electron chi connectivity index (χ4n) is 1.83. The molecule has 0 aliphatic rings. The molecule has 0 amide bonds. The number of Topliss-reactive ketones (excluding diaryl/α,β-unsaturated/α-hetero) is 1. The van der Waals surface area contributed by atoms with Crippen LogP contribution in [0.3, 0.4) is 0 Å². The molecule has 22 heavy (non-hydrogen) atoms. The van der Waals surface area contributed by atoms with E-state index in [0.717, 1.165) is 0 Å². The first-order chi connectivity index (χ1) is 10.5. The zero-order chi connectivity index (χ0) is 16.1. The Bertz CT molecular complexity index is 776. The molecule has 0 atom stereocenters. The molecule has 0 unspecified atom stereocenters. The van der Waals surface area contributed by atoms with E-state index in [-0.39, 0.29) is 11.1 Å². The van der Waals surface area contributed by atoms with E-state index >= 15 is 0 Å². The number of methoxy groups -OCH3 is 1. The molecule has 0 N–H and O–H groups in total. The maximum atomic E-state index is 13.7. The van der Waals surface area contributed by atoms with Gasteiger partial charge in [-0.1, -0.05) is 15.9 Å². The predicted octanol–water partition coefficient (Wildman–Crippen LogP) is 4.39. The SMILES string of the molecule is COc1ccc(C(=O)/C(C#N)=C/c2cc(Br)ccc2F)cc1. The van der Waals surface area contributed by atoms with Crippen LogP contribution in [-0.2, 0) is 0 Å². The van der Waals surface area contributed by atoms with Crippen LogP contribution in [-0.4, -0.2) is 12.9 Å². The number of ether oxygens (including phenoxy) is 1. The minimum absolute atomic E-state index is 0.137. The quantitative estimate of drug-likeness (QED) is 0.462. The highest BCUT2D eigenvalue weighted by atomic mass is 79.9. The number of allylic oxidation sites excluding steroid dienone is 1. The molecule has 0 aromatic heterocycles. The van der Waals surface area contributed by atoms with Crippen LogP contribution in [0.15, 0.2) is 52.5 Å². The van der Waals surface area contributed by atoms with E-state index in [0.29, 0.717) is 15.8 Å². The molecule has 0 spiro atoms. The molecule has 0 fully saturated rings. The van der Waals surface area contributed by atoms with Crippen molar-refractivity contribution in [2.24, 2.45) is 0 Å². The Labute approximate surface area is 135 Å². The van der Waals surface area contributed by atoms with Gasteiger partial charge in [0.2, 0.25) is 5.78 Å². The Morgan fingerprint density at radius 1 is 1.27 bits per heavy atom. The van der Waals surface area contributed by atoms with Gasteiger partial charge in [0.25, 0.3) is 0 Å². The van der Waals surface area contributed by atoms with E-state index < -0.39 is 11.6 Å². The van der Waals surface area contributed by atoms with Crippen molar-refractivity contribution in [1.82, 2.24) is 0 Å². The standard InChI is InChI=1S/C17H11BrFNO2/c1-22-15-5-2-11(3-6-15)17(21)13(10-20)8-12-9-14(18)4-7-16(12)19/h2-9H,1H3/b13-8+. The summed E-state index contributed by atoms with van der Waals surface area (Å²) < 4.78 is 19.4. The predicted molar refractivity (Wildman–Crippen MR) is 85.0 cm³/mol. The number of nitrogens with zero attached hydrogens (tertiary/aromatic N) is 1. The summed E-state index contributed by atoms with van der Waals surface area (Å²) in [7, 11) is 1.52. The molecule has 2 aromatic rings. The van der Waals surface area contributed by atoms with Crippen LogP contribution in [0.25, 0.3) is 6.08 Å². The molecule has 0 bridgehead atoms. The summed E-state index contributed by atoms with van der Waals surface area (Å²) in [5.41, 5.74) is 0.374. The second kappa shape index (κ2) is 7.01. The molecule has 2 rings (SSSR count). The molecular formula is C17H11BrFNO2. The van der Waals surface area contributed by atoms with Gasteiger partial charge in [-0.15, -0.1) is 0 Å². The maximum Gasteiger partial charge on any atom is 0.203 e. The molecule has 5 heteroatoms. The van der Waals surface area contributed by atoms with Crippen molar-refractivity contribution in [2.75, 3.05) is 7.11 Å². The van der Waals surface area contributed by atoms with E-state index in [1.165, 1.54) is 25.3 Å². The van der Waals surface area contributed by atoms with Gasteiger partial charge in [-0.05, 0) is 48.5 Å². The number of hydrogen-bond donors (Lipinski definition) is 0. The number of hydrogen-bond acceptors (Lipinski definition) is 3. The maximum absolute atomic E-state index is 13.7. The topological polar surface area (TPSA) is 50.1 Å². The van der Waals surface area contributed by atoms with Crippen LogP contribution >= 0.6 is 15.9 Å². The van der Waals surface area contributed by atoms with E-state index in [9.17, 15) is 14.4 Å². The first-order valence-electron chi connectivity index (χ1n) is 6.30. The molecule has 2 aromatic carbocycles. The lowest BCUT2D eigenvalue weighted by Crippen LogP contribution is -2.02. The first-order valence-corrected chi connectivity index (χ1v) is 7.10. The van der Waals surface area contributed by atoms with Gasteiger partial charge in [0, 0.05) is 15.6 Å². The van der Waals surface area contributed by atoms with Crippen LogP contribution in [0.5, 0.6) is 5.75 Å². The highest BCUT2D eigenvalue weighted by molar-refractivity contribution is 9.10. The van der Waals surface area contributed by atoms with E-state index in [2.05, 4.69) is 15.9 Å². The Hall–Kier alpha value is -2.45. The lowest BCUT2D eigenvalue weighted by Gasteiger charge is -2.03. The Morgan fingerprint density at radius 2 is 1.95 bits per heavy atom. The number of rotatable bonds is 4. The van der Waals surface area contributed by atoms with Crippen LogP contribution < -0.4 is 4.74 Å². The van der Waals surface area contributed by atoms with Crippen molar-refractivity contribution in [1.29, 1.82) is 5.26 Å². The second-order valence-corrected chi connectivity index (χ2v) is 5.31. The number of carbonyl (C=O) groups is 1. The monoisotopic (exact) mass is 359 g/mol. The van der Waals surface area contributed by atoms with Gasteiger partial charge in [0.1, 0.15) is 23.2 Å². The summed E-state index contributed by atoms with van der Waals surface area (Å²) in [5.74, 6) is -0.361. The van der Waals surface area contributed by atoms with Crippen molar-refractivity contribution in [2.45, 2.75) is 0 Å². The fraction of sp³-hybridized carbons (Fsp3) is 0.0588. The van der Waals surface area contributed by atoms with Gasteiger partial charge in [0.15, 0.2) is 0 Å². The molecule has 0 heterocycles. The third kappa shape index (κ3) is 3.60. The number of halogens is 2. The summed E-state index contributed by atoms with van der Waals surface area (Å²) >= 11 is 3.23. The first kappa shape index (κ1) is 15.9. The van der Waals surface area contributed by atoms with Gasteiger partial charge in [-0.2, -0.15) is 5.26 Å². The average molecular weight is 360 g/mol. The lowest BCUT2D eigenvalue weighted by atomic mass is 10.0. The molecule has 0 aliphatic carbocycles. The molecule has 0 saturated heterocycles. The van der Waals surface area contributed by atoms with E-state index in [1.807, 2.05) is 6.07 Å². The summed E-state index contributed by atoms with van der Waals surface area (Å²) in [4.78, 5) is 12.3.